The first-order valence-corrected chi connectivity index (χ1v) is 10.4. The van der Waals surface area contributed by atoms with Crippen LogP contribution in [0.4, 0.5) is 0 Å². The van der Waals surface area contributed by atoms with Crippen LogP contribution in [0, 0.1) is 5.92 Å². The van der Waals surface area contributed by atoms with Crippen LogP contribution in [0.2, 0.25) is 0 Å². The third-order valence-electron chi connectivity index (χ3n) is 6.27. The van der Waals surface area contributed by atoms with Crippen LogP contribution in [0.25, 0.3) is 0 Å². The van der Waals surface area contributed by atoms with E-state index in [2.05, 4.69) is 9.67 Å². The third kappa shape index (κ3) is 3.54. The van der Waals surface area contributed by atoms with Gasteiger partial charge in [0.1, 0.15) is 5.41 Å². The fraction of sp³-hybridized carbons (Fsp3) is 0.333. The van der Waals surface area contributed by atoms with Gasteiger partial charge in [-0.2, -0.15) is 0 Å². The van der Waals surface area contributed by atoms with Crippen LogP contribution in [-0.2, 0) is 21.5 Å². The van der Waals surface area contributed by atoms with E-state index in [0.717, 1.165) is 30.4 Å². The van der Waals surface area contributed by atoms with Crippen molar-refractivity contribution in [2.75, 3.05) is 0 Å². The summed E-state index contributed by atoms with van der Waals surface area (Å²) in [6.45, 7) is 1.82. The van der Waals surface area contributed by atoms with Crippen molar-refractivity contribution in [1.29, 1.82) is 0 Å². The van der Waals surface area contributed by atoms with E-state index >= 15 is 0 Å². The summed E-state index contributed by atoms with van der Waals surface area (Å²) in [7, 11) is 0. The largest absolute Gasteiger partial charge is 0.369 e. The number of hydrogen-bond acceptors (Lipinski definition) is 3. The molecule has 6 heteroatoms. The van der Waals surface area contributed by atoms with Gasteiger partial charge < -0.3 is 5.73 Å². The number of benzene rings is 2. The van der Waals surface area contributed by atoms with E-state index in [-0.39, 0.29) is 30.2 Å². The summed E-state index contributed by atoms with van der Waals surface area (Å²) in [5.41, 5.74) is 7.15. The van der Waals surface area contributed by atoms with Gasteiger partial charge in [0, 0.05) is 5.10 Å². The van der Waals surface area contributed by atoms with Crippen LogP contribution in [0.5, 0.6) is 0 Å². The maximum atomic E-state index is 13.1. The van der Waals surface area contributed by atoms with Crippen LogP contribution in [0.15, 0.2) is 73.3 Å². The first-order valence-electron chi connectivity index (χ1n) is 10.4. The van der Waals surface area contributed by atoms with Gasteiger partial charge in [0.2, 0.25) is 12.2 Å². The number of Topliss-reactive ketones (excluding diaryl/α,β-unsaturated/α-hetero) is 1. The van der Waals surface area contributed by atoms with Crippen LogP contribution >= 0.6 is 0 Å². The molecule has 0 aliphatic heterocycles. The maximum Gasteiger partial charge on any atom is 0.265 e. The lowest BCUT2D eigenvalue weighted by Gasteiger charge is -2.37. The molecule has 4 rings (SSSR count). The molecule has 1 saturated carbocycles. The second-order valence-electron chi connectivity index (χ2n) is 8.16. The van der Waals surface area contributed by atoms with Gasteiger partial charge >= 0.3 is 0 Å². The second kappa shape index (κ2) is 8.22. The van der Waals surface area contributed by atoms with E-state index in [0.29, 0.717) is 0 Å². The van der Waals surface area contributed by atoms with E-state index in [9.17, 15) is 9.59 Å². The average molecular weight is 404 g/mol. The van der Waals surface area contributed by atoms with Crippen LogP contribution < -0.4 is 10.3 Å². The van der Waals surface area contributed by atoms with E-state index in [1.165, 1.54) is 0 Å². The van der Waals surface area contributed by atoms with Crippen molar-refractivity contribution < 1.29 is 14.2 Å². The summed E-state index contributed by atoms with van der Waals surface area (Å²) in [4.78, 5) is 24.5. The minimum Gasteiger partial charge on any atom is -0.369 e. The fourth-order valence-corrected chi connectivity index (χ4v) is 4.99. The highest BCUT2D eigenvalue weighted by Gasteiger charge is 2.50. The second-order valence-corrected chi connectivity index (χ2v) is 8.16. The van der Waals surface area contributed by atoms with E-state index in [1.807, 2.05) is 67.0 Å². The van der Waals surface area contributed by atoms with E-state index in [4.69, 9.17) is 5.73 Å². The van der Waals surface area contributed by atoms with Gasteiger partial charge in [0.15, 0.2) is 12.3 Å². The van der Waals surface area contributed by atoms with Gasteiger partial charge in [-0.3, -0.25) is 9.59 Å². The Bertz CT molecular complexity index is 990. The summed E-state index contributed by atoms with van der Waals surface area (Å²) in [6, 6.07) is 20.0. The zero-order valence-electron chi connectivity index (χ0n) is 17.1. The molecular formula is C24H27N4O2+. The Kier molecular flexibility index (Phi) is 5.48. The van der Waals surface area contributed by atoms with Crippen molar-refractivity contribution in [3.8, 4) is 0 Å². The molecule has 1 aliphatic rings. The molecular weight excluding hydrogens is 376 g/mol. The Morgan fingerprint density at radius 1 is 1.07 bits per heavy atom. The van der Waals surface area contributed by atoms with Crippen molar-refractivity contribution in [3.05, 3.63) is 84.4 Å². The van der Waals surface area contributed by atoms with Gasteiger partial charge in [-0.25, -0.2) is 4.57 Å². The number of ketones is 1. The summed E-state index contributed by atoms with van der Waals surface area (Å²) < 4.78 is 3.72. The fourth-order valence-electron chi connectivity index (χ4n) is 4.99. The van der Waals surface area contributed by atoms with Crippen molar-refractivity contribution in [2.24, 2.45) is 11.7 Å². The van der Waals surface area contributed by atoms with Crippen molar-refractivity contribution in [2.45, 2.75) is 44.2 Å². The van der Waals surface area contributed by atoms with Gasteiger partial charge in [-0.05, 0) is 43.2 Å². The highest BCUT2D eigenvalue weighted by atomic mass is 16.1. The molecule has 1 aromatic heterocycles. The molecule has 0 bridgehead atoms. The number of aromatic nitrogens is 3. The summed E-state index contributed by atoms with van der Waals surface area (Å²) >= 11 is 0. The first-order chi connectivity index (χ1) is 14.5. The minimum atomic E-state index is -0.882. The molecule has 0 spiro atoms. The predicted molar refractivity (Wildman–Crippen MR) is 112 cm³/mol. The van der Waals surface area contributed by atoms with Crippen molar-refractivity contribution in [3.63, 3.8) is 0 Å². The molecule has 0 radical (unpaired) electrons. The molecule has 1 aliphatic carbocycles. The molecule has 3 aromatic rings. The average Bonchev–Trinajstić information content (AvgIpc) is 3.40. The molecule has 154 valence electrons. The number of nitrogens with two attached hydrogens (primary N) is 1. The lowest BCUT2D eigenvalue weighted by molar-refractivity contribution is -0.722. The molecule has 1 heterocycles. The van der Waals surface area contributed by atoms with Gasteiger partial charge in [-0.1, -0.05) is 60.7 Å². The number of carbonyl (C=O) groups is 2. The topological polar surface area (TPSA) is 81.9 Å². The lowest BCUT2D eigenvalue weighted by atomic mass is 9.64. The zero-order valence-corrected chi connectivity index (χ0v) is 17.1. The molecule has 0 saturated heterocycles. The number of rotatable bonds is 7. The summed E-state index contributed by atoms with van der Waals surface area (Å²) in [5, 5.41) is 4.31. The molecule has 2 aromatic carbocycles. The predicted octanol–water partition coefficient (Wildman–Crippen LogP) is 2.57. The summed E-state index contributed by atoms with van der Waals surface area (Å²) in [5.74, 6) is -0.188. The number of amides is 1. The zero-order chi connectivity index (χ0) is 21.1. The van der Waals surface area contributed by atoms with E-state index < -0.39 is 5.41 Å². The molecule has 1 amide bonds. The number of nitrogens with zero attached hydrogens (tertiary/aromatic N) is 3. The van der Waals surface area contributed by atoms with E-state index in [1.54, 1.807) is 17.9 Å². The van der Waals surface area contributed by atoms with Gasteiger partial charge in [0.25, 0.3) is 6.33 Å². The quantitative estimate of drug-likeness (QED) is 0.616. The monoisotopic (exact) mass is 403 g/mol. The number of hydrogen-bond donors (Lipinski definition) is 1. The summed E-state index contributed by atoms with van der Waals surface area (Å²) in [6.07, 6.45) is 6.26. The first kappa shape index (κ1) is 20.0. The minimum absolute atomic E-state index is 0.0634. The molecule has 0 unspecified atom stereocenters. The lowest BCUT2D eigenvalue weighted by Crippen LogP contribution is -2.48. The number of primary amides is 1. The van der Waals surface area contributed by atoms with Crippen LogP contribution in [0.1, 0.15) is 43.4 Å². The van der Waals surface area contributed by atoms with Crippen molar-refractivity contribution >= 4 is 11.7 Å². The Balaban J connectivity index is 1.71. The third-order valence-corrected chi connectivity index (χ3v) is 6.27. The van der Waals surface area contributed by atoms with Crippen LogP contribution in [0.3, 0.4) is 0 Å². The SMILES string of the molecule is CC(=O)Cn1c[n+]([C@H]2CC[C@@H](C(C(N)=O)(c3ccccc3)c3ccccc3)C2)cn1. The molecule has 2 atom stereocenters. The Labute approximate surface area is 176 Å². The molecule has 2 N–H and O–H groups in total. The highest BCUT2D eigenvalue weighted by Crippen LogP contribution is 2.48. The normalized spacial score (nSPS) is 19.0. The molecule has 1 fully saturated rings. The Hall–Kier alpha value is -3.28. The maximum absolute atomic E-state index is 13.1. The van der Waals surface area contributed by atoms with Crippen molar-refractivity contribution in [1.82, 2.24) is 9.78 Å². The van der Waals surface area contributed by atoms with Gasteiger partial charge in [0.05, 0.1) is 6.04 Å². The Morgan fingerprint density at radius 2 is 1.67 bits per heavy atom. The Morgan fingerprint density at radius 3 is 2.20 bits per heavy atom. The smallest absolute Gasteiger partial charge is 0.265 e. The van der Waals surface area contributed by atoms with Crippen LogP contribution in [-0.4, -0.2) is 21.5 Å². The number of carbonyl (C=O) groups excluding carboxylic acids is 2. The molecule has 30 heavy (non-hydrogen) atoms. The van der Waals surface area contributed by atoms with Gasteiger partial charge in [-0.15, -0.1) is 4.68 Å². The standard InChI is InChI=1S/C24H26N4O2/c1-18(29)15-28-17-27(16-26-28)22-13-12-21(14-22)24(23(25)30,19-8-4-2-5-9-19)20-10-6-3-7-11-20/h2-11,16-17,21-22H,12-15H2,1H3,(H-,25,30)/p+1/t21-,22+/m1/s1. The molecule has 6 nitrogen and oxygen atoms in total. The highest BCUT2D eigenvalue weighted by molar-refractivity contribution is 5.91.